The zero-order valence-electron chi connectivity index (χ0n) is 11.7. The maximum absolute atomic E-state index is 11.4. The van der Waals surface area contributed by atoms with E-state index < -0.39 is 11.3 Å². The fourth-order valence-corrected chi connectivity index (χ4v) is 2.32. The number of Topliss-reactive ketones (excluding diaryl/α,β-unsaturated/α-hetero) is 1. The Hall–Kier alpha value is -1.89. The summed E-state index contributed by atoms with van der Waals surface area (Å²) in [7, 11) is 0. The normalized spacial score (nSPS) is 11.8. The summed E-state index contributed by atoms with van der Waals surface area (Å²) in [4.78, 5) is 11.4. The van der Waals surface area contributed by atoms with E-state index in [1.165, 1.54) is 13.0 Å². The Morgan fingerprint density at radius 2 is 1.95 bits per heavy atom. The Bertz CT molecular complexity index is 703. The van der Waals surface area contributed by atoms with Gasteiger partial charge in [0.05, 0.1) is 5.69 Å². The van der Waals surface area contributed by atoms with Crippen LogP contribution in [0.4, 0.5) is 5.69 Å². The third-order valence-corrected chi connectivity index (χ3v) is 3.55. The van der Waals surface area contributed by atoms with Crippen LogP contribution >= 0.6 is 11.6 Å². The molecule has 116 valence electrons. The van der Waals surface area contributed by atoms with Crippen molar-refractivity contribution in [3.63, 3.8) is 0 Å². The van der Waals surface area contributed by atoms with Gasteiger partial charge in [0.2, 0.25) is 0 Å². The first kappa shape index (κ1) is 16.5. The van der Waals surface area contributed by atoms with E-state index in [0.717, 1.165) is 0 Å². The third-order valence-electron chi connectivity index (χ3n) is 2.91. The van der Waals surface area contributed by atoms with Gasteiger partial charge in [0.1, 0.15) is 12.4 Å². The summed E-state index contributed by atoms with van der Waals surface area (Å²) in [5, 5.41) is 0.593. The predicted octanol–water partition coefficient (Wildman–Crippen LogP) is 3.33. The van der Waals surface area contributed by atoms with Gasteiger partial charge in [0.15, 0.2) is 5.78 Å². The number of hydrogen-bond donors (Lipinski definition) is 1. The zero-order valence-corrected chi connectivity index (χ0v) is 13.2. The molecule has 7 heteroatoms. The molecule has 0 amide bonds. The highest BCUT2D eigenvalue weighted by atomic mass is 35.5. The molecule has 0 radical (unpaired) electrons. The summed E-state index contributed by atoms with van der Waals surface area (Å²) < 4.78 is 29.5. The minimum Gasteiger partial charge on any atom is -0.755 e. The van der Waals surface area contributed by atoms with E-state index in [1.807, 2.05) is 0 Å². The molecule has 22 heavy (non-hydrogen) atoms. The lowest BCUT2D eigenvalue weighted by atomic mass is 10.1. The molecule has 0 aromatic heterocycles. The molecular formula is C15H13ClNO4S-. The summed E-state index contributed by atoms with van der Waals surface area (Å²) in [5.41, 5.74) is 1.41. The molecule has 1 unspecified atom stereocenters. The van der Waals surface area contributed by atoms with Crippen LogP contribution in [0, 0.1) is 0 Å². The van der Waals surface area contributed by atoms with Crippen LogP contribution in [-0.4, -0.2) is 14.5 Å². The lowest BCUT2D eigenvalue weighted by Gasteiger charge is -2.15. The fourth-order valence-electron chi connectivity index (χ4n) is 1.81. The summed E-state index contributed by atoms with van der Waals surface area (Å²) in [6.45, 7) is 1.56. The number of anilines is 1. The van der Waals surface area contributed by atoms with E-state index >= 15 is 0 Å². The number of halogens is 1. The van der Waals surface area contributed by atoms with Gasteiger partial charge in [0, 0.05) is 27.4 Å². The minimum atomic E-state index is -2.45. The number of hydrogen-bond acceptors (Lipinski definition) is 4. The van der Waals surface area contributed by atoms with Gasteiger partial charge in [-0.15, -0.1) is 0 Å². The van der Waals surface area contributed by atoms with Crippen molar-refractivity contribution in [2.75, 3.05) is 4.72 Å². The number of carbonyl (C=O) groups excluding carboxylic acids is 1. The van der Waals surface area contributed by atoms with Crippen molar-refractivity contribution in [3.05, 3.63) is 58.6 Å². The van der Waals surface area contributed by atoms with Crippen LogP contribution < -0.4 is 9.46 Å². The summed E-state index contributed by atoms with van der Waals surface area (Å²) in [6.07, 6.45) is 0. The van der Waals surface area contributed by atoms with Crippen LogP contribution in [0.1, 0.15) is 22.8 Å². The van der Waals surface area contributed by atoms with Crippen molar-refractivity contribution < 1.29 is 18.3 Å². The first-order chi connectivity index (χ1) is 10.5. The average molecular weight is 339 g/mol. The lowest BCUT2D eigenvalue weighted by Crippen LogP contribution is -2.08. The van der Waals surface area contributed by atoms with Gasteiger partial charge < -0.3 is 14.0 Å². The quantitative estimate of drug-likeness (QED) is 0.647. The zero-order chi connectivity index (χ0) is 16.1. The van der Waals surface area contributed by atoms with Gasteiger partial charge in [-0.3, -0.25) is 9.00 Å². The van der Waals surface area contributed by atoms with Crippen molar-refractivity contribution >= 4 is 34.3 Å². The number of benzene rings is 2. The van der Waals surface area contributed by atoms with E-state index in [0.29, 0.717) is 27.6 Å². The van der Waals surface area contributed by atoms with Gasteiger partial charge in [0.25, 0.3) is 0 Å². The summed E-state index contributed by atoms with van der Waals surface area (Å²) >= 11 is 3.34. The molecule has 0 saturated heterocycles. The Labute approximate surface area is 135 Å². The lowest BCUT2D eigenvalue weighted by molar-refractivity contribution is 0.101. The molecule has 5 nitrogen and oxygen atoms in total. The molecule has 0 aliphatic carbocycles. The number of rotatable bonds is 6. The predicted molar refractivity (Wildman–Crippen MR) is 84.8 cm³/mol. The summed E-state index contributed by atoms with van der Waals surface area (Å²) in [6, 6.07) is 11.5. The van der Waals surface area contributed by atoms with Crippen LogP contribution in [0.3, 0.4) is 0 Å². The fraction of sp³-hybridized carbons (Fsp3) is 0.133. The summed E-state index contributed by atoms with van der Waals surface area (Å²) in [5.74, 6) is 0.481. The molecule has 0 aliphatic heterocycles. The number of ketones is 1. The largest absolute Gasteiger partial charge is 0.755 e. The molecular weight excluding hydrogens is 326 g/mol. The first-order valence-corrected chi connectivity index (χ1v) is 7.79. The number of carbonyl (C=O) groups is 1. The molecule has 2 rings (SSSR count). The second kappa shape index (κ2) is 7.40. The van der Waals surface area contributed by atoms with E-state index in [9.17, 15) is 13.6 Å². The molecule has 0 heterocycles. The molecule has 0 bridgehead atoms. The molecule has 2 aromatic rings. The number of ether oxygens (including phenoxy) is 1. The maximum Gasteiger partial charge on any atom is 0.159 e. The van der Waals surface area contributed by atoms with Crippen molar-refractivity contribution in [1.29, 1.82) is 0 Å². The SMILES string of the molecule is CC(=O)c1ccc(NS(=O)[O-])c(COc2ccc(Cl)cc2)c1. The van der Waals surface area contributed by atoms with Crippen molar-refractivity contribution in [2.24, 2.45) is 0 Å². The van der Waals surface area contributed by atoms with E-state index in [-0.39, 0.29) is 12.4 Å². The number of nitrogens with one attached hydrogen (secondary N) is 1. The molecule has 2 aromatic carbocycles. The molecule has 0 aliphatic rings. The second-order valence-corrected chi connectivity index (χ2v) is 5.62. The third kappa shape index (κ3) is 4.56. The van der Waals surface area contributed by atoms with Crippen LogP contribution in [-0.2, 0) is 17.9 Å². The Morgan fingerprint density at radius 1 is 1.27 bits per heavy atom. The Kier molecular flexibility index (Phi) is 5.54. The van der Waals surface area contributed by atoms with Gasteiger partial charge in [-0.1, -0.05) is 11.6 Å². The van der Waals surface area contributed by atoms with Crippen LogP contribution in [0.2, 0.25) is 5.02 Å². The molecule has 1 atom stereocenters. The monoisotopic (exact) mass is 338 g/mol. The van der Waals surface area contributed by atoms with Gasteiger partial charge in [-0.2, -0.15) is 0 Å². The highest BCUT2D eigenvalue weighted by molar-refractivity contribution is 7.80. The Morgan fingerprint density at radius 3 is 2.55 bits per heavy atom. The first-order valence-electron chi connectivity index (χ1n) is 6.34. The van der Waals surface area contributed by atoms with Gasteiger partial charge in [-0.05, 0) is 49.4 Å². The second-order valence-electron chi connectivity index (χ2n) is 4.51. The van der Waals surface area contributed by atoms with E-state index in [2.05, 4.69) is 4.72 Å². The topological polar surface area (TPSA) is 78.5 Å². The van der Waals surface area contributed by atoms with E-state index in [1.54, 1.807) is 36.4 Å². The molecule has 0 spiro atoms. The van der Waals surface area contributed by atoms with Crippen molar-refractivity contribution in [2.45, 2.75) is 13.5 Å². The van der Waals surface area contributed by atoms with Crippen LogP contribution in [0.5, 0.6) is 5.75 Å². The standard InChI is InChI=1S/C15H14ClNO4S/c1-10(18)11-2-7-15(17-22(19)20)12(8-11)9-21-14-5-3-13(16)4-6-14/h2-8,17H,9H2,1H3,(H,19,20)/p-1. The highest BCUT2D eigenvalue weighted by Crippen LogP contribution is 2.22. The molecule has 0 saturated carbocycles. The van der Waals surface area contributed by atoms with Gasteiger partial charge in [-0.25, -0.2) is 0 Å². The van der Waals surface area contributed by atoms with E-state index in [4.69, 9.17) is 16.3 Å². The van der Waals surface area contributed by atoms with Gasteiger partial charge >= 0.3 is 0 Å². The van der Waals surface area contributed by atoms with Crippen molar-refractivity contribution in [3.8, 4) is 5.75 Å². The Balaban J connectivity index is 2.22. The highest BCUT2D eigenvalue weighted by Gasteiger charge is 2.08. The maximum atomic E-state index is 11.4. The van der Waals surface area contributed by atoms with Crippen LogP contribution in [0.25, 0.3) is 0 Å². The molecule has 0 fully saturated rings. The van der Waals surface area contributed by atoms with Crippen LogP contribution in [0.15, 0.2) is 42.5 Å². The van der Waals surface area contributed by atoms with Crippen molar-refractivity contribution in [1.82, 2.24) is 0 Å². The minimum absolute atomic E-state index is 0.109. The smallest absolute Gasteiger partial charge is 0.159 e. The molecule has 1 N–H and O–H groups in total. The average Bonchev–Trinajstić information content (AvgIpc) is 2.47.